The molecule has 0 radical (unpaired) electrons. The normalized spacial score (nSPS) is 18.3. The quantitative estimate of drug-likeness (QED) is 0.620. The van der Waals surface area contributed by atoms with Gasteiger partial charge in [0.1, 0.15) is 5.41 Å². The summed E-state index contributed by atoms with van der Waals surface area (Å²) in [7, 11) is 0. The van der Waals surface area contributed by atoms with Gasteiger partial charge in [0.05, 0.1) is 11.5 Å². The second kappa shape index (κ2) is 5.63. The fourth-order valence-electron chi connectivity index (χ4n) is 2.21. The second-order valence-corrected chi connectivity index (χ2v) is 5.35. The summed E-state index contributed by atoms with van der Waals surface area (Å²) >= 11 is 1.37. The average molecular weight is 268 g/mol. The van der Waals surface area contributed by atoms with Crippen LogP contribution in [0, 0.1) is 0 Å². The molecule has 0 amide bonds. The van der Waals surface area contributed by atoms with Crippen LogP contribution in [0.1, 0.15) is 34.3 Å². The Kier molecular flexibility index (Phi) is 4.14. The van der Waals surface area contributed by atoms with E-state index in [0.717, 1.165) is 11.2 Å². The highest BCUT2D eigenvalue weighted by Crippen LogP contribution is 2.39. The Morgan fingerprint density at radius 2 is 2.22 bits per heavy atom. The summed E-state index contributed by atoms with van der Waals surface area (Å²) in [5, 5.41) is 0. The molecule has 1 aromatic heterocycles. The van der Waals surface area contributed by atoms with Crippen LogP contribution in [-0.4, -0.2) is 32.1 Å². The van der Waals surface area contributed by atoms with Crippen LogP contribution < -0.4 is 0 Å². The lowest BCUT2D eigenvalue weighted by molar-refractivity contribution is -0.154. The monoisotopic (exact) mass is 268 g/mol. The highest BCUT2D eigenvalue weighted by atomic mass is 32.1. The summed E-state index contributed by atoms with van der Waals surface area (Å²) in [5.74, 6) is -0.201. The van der Waals surface area contributed by atoms with Crippen molar-refractivity contribution in [3.63, 3.8) is 0 Å². The molecule has 2 heterocycles. The second-order valence-electron chi connectivity index (χ2n) is 4.23. The maximum atomic E-state index is 12.3. The molecule has 2 rings (SSSR count). The number of hydrogen-bond acceptors (Lipinski definition) is 5. The van der Waals surface area contributed by atoms with E-state index < -0.39 is 5.41 Å². The standard InChI is InChI=1S/C13H16O4S/c1-2-17-12(15)13(5-7-16-8-6-13)11-4-3-10(9-14)18-11/h3-4,9H,2,5-8H2,1H3. The van der Waals surface area contributed by atoms with Gasteiger partial charge in [0.2, 0.25) is 0 Å². The molecular formula is C13H16O4S. The molecule has 18 heavy (non-hydrogen) atoms. The van der Waals surface area contributed by atoms with Crippen molar-refractivity contribution in [3.05, 3.63) is 21.9 Å². The SMILES string of the molecule is CCOC(=O)C1(c2ccc(C=O)s2)CCOCC1. The lowest BCUT2D eigenvalue weighted by Gasteiger charge is -2.33. The predicted molar refractivity (Wildman–Crippen MR) is 68.1 cm³/mol. The summed E-state index contributed by atoms with van der Waals surface area (Å²) in [4.78, 5) is 24.6. The fourth-order valence-corrected chi connectivity index (χ4v) is 3.27. The summed E-state index contributed by atoms with van der Waals surface area (Å²) < 4.78 is 10.5. The molecule has 1 saturated heterocycles. The van der Waals surface area contributed by atoms with Gasteiger partial charge in [-0.05, 0) is 31.9 Å². The van der Waals surface area contributed by atoms with Crippen molar-refractivity contribution in [2.75, 3.05) is 19.8 Å². The molecule has 0 N–H and O–H groups in total. The summed E-state index contributed by atoms with van der Waals surface area (Å²) in [6, 6.07) is 3.61. The number of carbonyl (C=O) groups is 2. The number of esters is 1. The van der Waals surface area contributed by atoms with Crippen molar-refractivity contribution in [1.82, 2.24) is 0 Å². The molecule has 0 atom stereocenters. The molecule has 1 aliphatic heterocycles. The van der Waals surface area contributed by atoms with Crippen LogP contribution in [0.2, 0.25) is 0 Å². The Morgan fingerprint density at radius 3 is 2.78 bits per heavy atom. The first-order valence-electron chi connectivity index (χ1n) is 6.03. The zero-order chi connectivity index (χ0) is 13.0. The first-order valence-corrected chi connectivity index (χ1v) is 6.85. The number of thiophene rings is 1. The molecule has 0 unspecified atom stereocenters. The van der Waals surface area contributed by atoms with E-state index in [1.807, 2.05) is 6.07 Å². The molecule has 0 aromatic carbocycles. The summed E-state index contributed by atoms with van der Waals surface area (Å²) in [6.07, 6.45) is 2.04. The topological polar surface area (TPSA) is 52.6 Å². The van der Waals surface area contributed by atoms with Crippen LogP contribution in [0.3, 0.4) is 0 Å². The Balaban J connectivity index is 2.34. The zero-order valence-electron chi connectivity index (χ0n) is 10.3. The van der Waals surface area contributed by atoms with Crippen LogP contribution in [0.15, 0.2) is 12.1 Å². The van der Waals surface area contributed by atoms with E-state index in [-0.39, 0.29) is 5.97 Å². The van der Waals surface area contributed by atoms with Gasteiger partial charge in [-0.3, -0.25) is 9.59 Å². The van der Waals surface area contributed by atoms with Crippen LogP contribution in [0.25, 0.3) is 0 Å². The van der Waals surface area contributed by atoms with Crippen molar-refractivity contribution in [2.24, 2.45) is 0 Å². The predicted octanol–water partition coefficient (Wildman–Crippen LogP) is 2.17. The van der Waals surface area contributed by atoms with Crippen molar-refractivity contribution in [3.8, 4) is 0 Å². The van der Waals surface area contributed by atoms with E-state index in [4.69, 9.17) is 9.47 Å². The molecule has 98 valence electrons. The van der Waals surface area contributed by atoms with Gasteiger partial charge < -0.3 is 9.47 Å². The Morgan fingerprint density at radius 1 is 1.50 bits per heavy atom. The first kappa shape index (κ1) is 13.2. The van der Waals surface area contributed by atoms with E-state index in [2.05, 4.69) is 0 Å². The number of ether oxygens (including phenoxy) is 2. The minimum absolute atomic E-state index is 0.201. The van der Waals surface area contributed by atoms with Crippen molar-refractivity contribution in [2.45, 2.75) is 25.2 Å². The minimum Gasteiger partial charge on any atom is -0.465 e. The average Bonchev–Trinajstić information content (AvgIpc) is 2.89. The maximum absolute atomic E-state index is 12.3. The fraction of sp³-hybridized carbons (Fsp3) is 0.538. The number of hydrogen-bond donors (Lipinski definition) is 0. The van der Waals surface area contributed by atoms with Crippen LogP contribution in [-0.2, 0) is 19.7 Å². The van der Waals surface area contributed by atoms with Crippen LogP contribution in [0.4, 0.5) is 0 Å². The third kappa shape index (κ3) is 2.33. The smallest absolute Gasteiger partial charge is 0.317 e. The zero-order valence-corrected chi connectivity index (χ0v) is 11.1. The van der Waals surface area contributed by atoms with Crippen molar-refractivity contribution >= 4 is 23.6 Å². The van der Waals surface area contributed by atoms with Gasteiger partial charge in [0.25, 0.3) is 0 Å². The number of carbonyl (C=O) groups excluding carboxylic acids is 2. The van der Waals surface area contributed by atoms with E-state index in [1.165, 1.54) is 11.3 Å². The Hall–Kier alpha value is -1.20. The lowest BCUT2D eigenvalue weighted by Crippen LogP contribution is -2.42. The molecule has 5 heteroatoms. The highest BCUT2D eigenvalue weighted by Gasteiger charge is 2.44. The van der Waals surface area contributed by atoms with Crippen LogP contribution in [0.5, 0.6) is 0 Å². The largest absolute Gasteiger partial charge is 0.465 e. The van der Waals surface area contributed by atoms with Crippen molar-refractivity contribution < 1.29 is 19.1 Å². The van der Waals surface area contributed by atoms with E-state index in [9.17, 15) is 9.59 Å². The first-order chi connectivity index (χ1) is 8.73. The summed E-state index contributed by atoms with van der Waals surface area (Å²) in [5.41, 5.74) is -0.625. The molecule has 0 aliphatic carbocycles. The lowest BCUT2D eigenvalue weighted by atomic mass is 9.79. The molecule has 0 bridgehead atoms. The maximum Gasteiger partial charge on any atom is 0.317 e. The van der Waals surface area contributed by atoms with Gasteiger partial charge in [-0.1, -0.05) is 0 Å². The third-order valence-corrected chi connectivity index (χ3v) is 4.44. The van der Waals surface area contributed by atoms with Gasteiger partial charge >= 0.3 is 5.97 Å². The van der Waals surface area contributed by atoms with Gasteiger partial charge in [0.15, 0.2) is 6.29 Å². The Labute approximate surface area is 110 Å². The third-order valence-electron chi connectivity index (χ3n) is 3.23. The van der Waals surface area contributed by atoms with Gasteiger partial charge in [0, 0.05) is 18.1 Å². The highest BCUT2D eigenvalue weighted by molar-refractivity contribution is 7.13. The molecule has 1 aromatic rings. The molecular weight excluding hydrogens is 252 g/mol. The van der Waals surface area contributed by atoms with E-state index in [0.29, 0.717) is 37.5 Å². The molecule has 0 spiro atoms. The van der Waals surface area contributed by atoms with Crippen molar-refractivity contribution in [1.29, 1.82) is 0 Å². The molecule has 0 saturated carbocycles. The van der Waals surface area contributed by atoms with E-state index >= 15 is 0 Å². The molecule has 4 nitrogen and oxygen atoms in total. The minimum atomic E-state index is -0.625. The van der Waals surface area contributed by atoms with Gasteiger partial charge in [-0.25, -0.2) is 0 Å². The van der Waals surface area contributed by atoms with E-state index in [1.54, 1.807) is 13.0 Å². The molecule has 1 aliphatic rings. The molecule has 1 fully saturated rings. The summed E-state index contributed by atoms with van der Waals surface area (Å²) in [6.45, 7) is 3.27. The Bertz CT molecular complexity index is 432. The van der Waals surface area contributed by atoms with Crippen LogP contribution >= 0.6 is 11.3 Å². The number of aldehydes is 1. The van der Waals surface area contributed by atoms with Gasteiger partial charge in [-0.2, -0.15) is 0 Å². The van der Waals surface area contributed by atoms with Gasteiger partial charge in [-0.15, -0.1) is 11.3 Å². The number of rotatable bonds is 4.